The molecular formula is C13H20N2O2. The molecule has 0 bridgehead atoms. The Labute approximate surface area is 102 Å². The highest BCUT2D eigenvalue weighted by atomic mass is 16.5. The van der Waals surface area contributed by atoms with Gasteiger partial charge in [0.05, 0.1) is 11.8 Å². The summed E-state index contributed by atoms with van der Waals surface area (Å²) in [6.45, 7) is 2.52. The van der Waals surface area contributed by atoms with Crippen molar-refractivity contribution >= 4 is 0 Å². The van der Waals surface area contributed by atoms with Crippen molar-refractivity contribution in [1.29, 1.82) is 0 Å². The van der Waals surface area contributed by atoms with Gasteiger partial charge in [-0.25, -0.2) is 4.98 Å². The largest absolute Gasteiger partial charge is 0.391 e. The van der Waals surface area contributed by atoms with Crippen LogP contribution in [0.1, 0.15) is 30.8 Å². The second-order valence-electron chi connectivity index (χ2n) is 5.25. The highest BCUT2D eigenvalue weighted by Crippen LogP contribution is 2.21. The van der Waals surface area contributed by atoms with E-state index in [1.807, 2.05) is 0 Å². The summed E-state index contributed by atoms with van der Waals surface area (Å²) in [5, 5.41) is 9.62. The van der Waals surface area contributed by atoms with Crippen LogP contribution in [0.3, 0.4) is 0 Å². The SMILES string of the molecule is OC1CCc2nc(CC3CCOCC3)cn2C1. The van der Waals surface area contributed by atoms with Crippen molar-refractivity contribution < 1.29 is 9.84 Å². The molecule has 94 valence electrons. The van der Waals surface area contributed by atoms with E-state index in [1.165, 1.54) is 5.69 Å². The van der Waals surface area contributed by atoms with E-state index in [4.69, 9.17) is 9.72 Å². The minimum atomic E-state index is -0.187. The van der Waals surface area contributed by atoms with E-state index in [0.717, 1.165) is 63.6 Å². The van der Waals surface area contributed by atoms with E-state index in [-0.39, 0.29) is 6.10 Å². The van der Waals surface area contributed by atoms with Gasteiger partial charge in [0.25, 0.3) is 0 Å². The van der Waals surface area contributed by atoms with Gasteiger partial charge in [0.2, 0.25) is 0 Å². The fourth-order valence-electron chi connectivity index (χ4n) is 2.83. The molecule has 1 aromatic heterocycles. The van der Waals surface area contributed by atoms with Crippen LogP contribution >= 0.6 is 0 Å². The van der Waals surface area contributed by atoms with Gasteiger partial charge < -0.3 is 14.4 Å². The maximum Gasteiger partial charge on any atom is 0.109 e. The molecular weight excluding hydrogens is 216 g/mol. The molecule has 0 radical (unpaired) electrons. The fraction of sp³-hybridized carbons (Fsp3) is 0.769. The Morgan fingerprint density at radius 1 is 1.35 bits per heavy atom. The third-order valence-corrected chi connectivity index (χ3v) is 3.86. The van der Waals surface area contributed by atoms with Crippen LogP contribution in [-0.4, -0.2) is 34.0 Å². The number of aliphatic hydroxyl groups excluding tert-OH is 1. The number of aliphatic hydroxyl groups is 1. The predicted molar refractivity (Wildman–Crippen MR) is 63.8 cm³/mol. The minimum absolute atomic E-state index is 0.187. The van der Waals surface area contributed by atoms with Gasteiger partial charge in [0.15, 0.2) is 0 Å². The highest BCUT2D eigenvalue weighted by Gasteiger charge is 2.20. The summed E-state index contributed by atoms with van der Waals surface area (Å²) in [5.41, 5.74) is 1.20. The number of aromatic nitrogens is 2. The maximum absolute atomic E-state index is 9.62. The van der Waals surface area contributed by atoms with Crippen molar-refractivity contribution in [3.8, 4) is 0 Å². The average Bonchev–Trinajstić information content (AvgIpc) is 2.71. The predicted octanol–water partition coefficient (Wildman–Crippen LogP) is 1.16. The van der Waals surface area contributed by atoms with Crippen LogP contribution in [0.2, 0.25) is 0 Å². The van der Waals surface area contributed by atoms with E-state index in [2.05, 4.69) is 10.8 Å². The lowest BCUT2D eigenvalue weighted by Crippen LogP contribution is -2.23. The molecule has 1 aromatic rings. The van der Waals surface area contributed by atoms with E-state index < -0.39 is 0 Å². The van der Waals surface area contributed by atoms with Crippen LogP contribution in [0.4, 0.5) is 0 Å². The van der Waals surface area contributed by atoms with Crippen molar-refractivity contribution in [3.63, 3.8) is 0 Å². The van der Waals surface area contributed by atoms with Crippen molar-refractivity contribution in [2.75, 3.05) is 13.2 Å². The molecule has 1 saturated heterocycles. The summed E-state index contributed by atoms with van der Waals surface area (Å²) in [6.07, 6.45) is 7.10. The van der Waals surface area contributed by atoms with E-state index in [1.54, 1.807) is 0 Å². The maximum atomic E-state index is 9.62. The van der Waals surface area contributed by atoms with Gasteiger partial charge in [-0.05, 0) is 31.6 Å². The van der Waals surface area contributed by atoms with Gasteiger partial charge in [-0.15, -0.1) is 0 Å². The van der Waals surface area contributed by atoms with Gasteiger partial charge in [-0.1, -0.05) is 0 Å². The van der Waals surface area contributed by atoms with Gasteiger partial charge in [0.1, 0.15) is 5.82 Å². The fourth-order valence-corrected chi connectivity index (χ4v) is 2.83. The molecule has 1 fully saturated rings. The van der Waals surface area contributed by atoms with Crippen molar-refractivity contribution in [1.82, 2.24) is 9.55 Å². The Morgan fingerprint density at radius 3 is 3.00 bits per heavy atom. The highest BCUT2D eigenvalue weighted by molar-refractivity contribution is 5.08. The average molecular weight is 236 g/mol. The molecule has 0 saturated carbocycles. The van der Waals surface area contributed by atoms with Crippen LogP contribution in [-0.2, 0) is 24.1 Å². The molecule has 3 rings (SSSR count). The zero-order chi connectivity index (χ0) is 11.7. The van der Waals surface area contributed by atoms with Gasteiger partial charge in [0, 0.05) is 32.4 Å². The number of ether oxygens (including phenoxy) is 1. The molecule has 2 aliphatic heterocycles. The number of imidazole rings is 1. The van der Waals surface area contributed by atoms with Gasteiger partial charge in [-0.3, -0.25) is 0 Å². The summed E-state index contributed by atoms with van der Waals surface area (Å²) in [5.74, 6) is 1.88. The zero-order valence-electron chi connectivity index (χ0n) is 10.1. The Morgan fingerprint density at radius 2 is 2.18 bits per heavy atom. The number of rotatable bonds is 2. The molecule has 1 unspecified atom stereocenters. The van der Waals surface area contributed by atoms with Gasteiger partial charge >= 0.3 is 0 Å². The van der Waals surface area contributed by atoms with Crippen LogP contribution in [0.5, 0.6) is 0 Å². The van der Waals surface area contributed by atoms with Gasteiger partial charge in [-0.2, -0.15) is 0 Å². The van der Waals surface area contributed by atoms with E-state index in [9.17, 15) is 5.11 Å². The second kappa shape index (κ2) is 4.78. The van der Waals surface area contributed by atoms with E-state index in [0.29, 0.717) is 0 Å². The number of aryl methyl sites for hydroxylation is 1. The monoisotopic (exact) mass is 236 g/mol. The first-order valence-corrected chi connectivity index (χ1v) is 6.62. The molecule has 2 aliphatic rings. The third-order valence-electron chi connectivity index (χ3n) is 3.86. The number of nitrogens with zero attached hydrogens (tertiary/aromatic N) is 2. The van der Waals surface area contributed by atoms with Crippen molar-refractivity contribution in [2.24, 2.45) is 5.92 Å². The molecule has 1 atom stereocenters. The summed E-state index contributed by atoms with van der Waals surface area (Å²) in [4.78, 5) is 4.69. The van der Waals surface area contributed by atoms with Crippen LogP contribution in [0.15, 0.2) is 6.20 Å². The lowest BCUT2D eigenvalue weighted by atomic mass is 9.95. The van der Waals surface area contributed by atoms with Crippen LogP contribution < -0.4 is 0 Å². The Hall–Kier alpha value is -0.870. The molecule has 0 amide bonds. The normalized spacial score (nSPS) is 25.8. The van der Waals surface area contributed by atoms with Crippen molar-refractivity contribution in [2.45, 2.75) is 44.8 Å². The first-order chi connectivity index (χ1) is 8.31. The third kappa shape index (κ3) is 2.53. The molecule has 0 aliphatic carbocycles. The van der Waals surface area contributed by atoms with Crippen LogP contribution in [0, 0.1) is 5.92 Å². The van der Waals surface area contributed by atoms with Crippen molar-refractivity contribution in [3.05, 3.63) is 17.7 Å². The molecule has 0 aromatic carbocycles. The summed E-state index contributed by atoms with van der Waals surface area (Å²) >= 11 is 0. The quantitative estimate of drug-likeness (QED) is 0.838. The Kier molecular flexibility index (Phi) is 3.16. The topological polar surface area (TPSA) is 47.3 Å². The molecule has 4 nitrogen and oxygen atoms in total. The first kappa shape index (κ1) is 11.2. The summed E-state index contributed by atoms with van der Waals surface area (Å²) in [7, 11) is 0. The zero-order valence-corrected chi connectivity index (χ0v) is 10.1. The lowest BCUT2D eigenvalue weighted by Gasteiger charge is -2.20. The molecule has 3 heterocycles. The molecule has 17 heavy (non-hydrogen) atoms. The molecule has 4 heteroatoms. The smallest absolute Gasteiger partial charge is 0.109 e. The van der Waals surface area contributed by atoms with Crippen LogP contribution in [0.25, 0.3) is 0 Å². The number of hydrogen-bond acceptors (Lipinski definition) is 3. The number of fused-ring (bicyclic) bond motifs is 1. The number of hydrogen-bond donors (Lipinski definition) is 1. The summed E-state index contributed by atoms with van der Waals surface area (Å²) < 4.78 is 7.50. The second-order valence-corrected chi connectivity index (χ2v) is 5.25. The first-order valence-electron chi connectivity index (χ1n) is 6.62. The Bertz CT molecular complexity index is 383. The minimum Gasteiger partial charge on any atom is -0.391 e. The standard InChI is InChI=1S/C13H20N2O2/c16-12-1-2-13-14-11(8-15(13)9-12)7-10-3-5-17-6-4-10/h8,10,12,16H,1-7,9H2. The molecule has 1 N–H and O–H groups in total. The lowest BCUT2D eigenvalue weighted by molar-refractivity contribution is 0.0663. The van der Waals surface area contributed by atoms with E-state index >= 15 is 0 Å². The summed E-state index contributed by atoms with van der Waals surface area (Å²) in [6, 6.07) is 0. The molecule has 0 spiro atoms. The Balaban J connectivity index is 1.67.